The van der Waals surface area contributed by atoms with Gasteiger partial charge in [0.2, 0.25) is 0 Å². The van der Waals surface area contributed by atoms with E-state index in [0.29, 0.717) is 11.5 Å². The van der Waals surface area contributed by atoms with E-state index in [1.54, 1.807) is 13.0 Å². The molecule has 0 N–H and O–H groups in total. The van der Waals surface area contributed by atoms with Crippen LogP contribution in [0.1, 0.15) is 17.1 Å². The molecule has 20 heavy (non-hydrogen) atoms. The van der Waals surface area contributed by atoms with Crippen molar-refractivity contribution >= 4 is 21.7 Å². The fraction of sp³-hybridized carbons (Fsp3) is 0.267. The van der Waals surface area contributed by atoms with Crippen LogP contribution in [0.4, 0.5) is 5.82 Å². The zero-order valence-corrected chi connectivity index (χ0v) is 13.1. The monoisotopic (exact) mass is 330 g/mol. The second-order valence-corrected chi connectivity index (χ2v) is 5.39. The van der Waals surface area contributed by atoms with E-state index in [0.717, 1.165) is 23.3 Å². The minimum atomic E-state index is 0.403. The van der Waals surface area contributed by atoms with Crippen LogP contribution in [0.5, 0.6) is 0 Å². The van der Waals surface area contributed by atoms with Crippen LogP contribution in [0.3, 0.4) is 0 Å². The Kier molecular flexibility index (Phi) is 4.70. The molecule has 0 atom stereocenters. The molecule has 1 aromatic heterocycles. The number of anilines is 1. The fourth-order valence-electron chi connectivity index (χ4n) is 1.91. The molecular weight excluding hydrogens is 316 g/mol. The van der Waals surface area contributed by atoms with Gasteiger partial charge in [-0.2, -0.15) is 5.26 Å². The first kappa shape index (κ1) is 14.5. The maximum atomic E-state index is 8.95. The molecule has 1 heterocycles. The summed E-state index contributed by atoms with van der Waals surface area (Å²) in [5, 5.41) is 8.95. The van der Waals surface area contributed by atoms with Gasteiger partial charge in [0.25, 0.3) is 0 Å². The zero-order chi connectivity index (χ0) is 14.5. The summed E-state index contributed by atoms with van der Waals surface area (Å²) < 4.78 is 1.12. The molecule has 4 nitrogen and oxygen atoms in total. The van der Waals surface area contributed by atoms with Gasteiger partial charge >= 0.3 is 0 Å². The van der Waals surface area contributed by atoms with Crippen molar-refractivity contribution in [3.8, 4) is 6.07 Å². The van der Waals surface area contributed by atoms with E-state index in [2.05, 4.69) is 38.0 Å². The number of aryl methyl sites for hydroxylation is 1. The predicted molar refractivity (Wildman–Crippen MR) is 82.6 cm³/mol. The molecule has 2 aromatic rings. The van der Waals surface area contributed by atoms with E-state index in [1.807, 2.05) is 30.1 Å². The highest BCUT2D eigenvalue weighted by Gasteiger charge is 2.07. The van der Waals surface area contributed by atoms with Crippen molar-refractivity contribution in [1.29, 1.82) is 5.26 Å². The quantitative estimate of drug-likeness (QED) is 0.864. The molecule has 0 unspecified atom stereocenters. The number of hydrogen-bond donors (Lipinski definition) is 0. The summed E-state index contributed by atoms with van der Waals surface area (Å²) in [5.41, 5.74) is 1.66. The highest BCUT2D eigenvalue weighted by atomic mass is 79.9. The Labute approximate surface area is 127 Å². The summed E-state index contributed by atoms with van der Waals surface area (Å²) >= 11 is 3.55. The van der Waals surface area contributed by atoms with Crippen LogP contribution in [0.25, 0.3) is 0 Å². The van der Waals surface area contributed by atoms with Gasteiger partial charge in [-0.1, -0.05) is 34.1 Å². The third kappa shape index (κ3) is 3.55. The summed E-state index contributed by atoms with van der Waals surface area (Å²) in [4.78, 5) is 10.5. The Hall–Kier alpha value is -1.93. The van der Waals surface area contributed by atoms with E-state index >= 15 is 0 Å². The number of rotatable bonds is 4. The van der Waals surface area contributed by atoms with E-state index < -0.39 is 0 Å². The average Bonchev–Trinajstić information content (AvgIpc) is 2.45. The van der Waals surface area contributed by atoms with Crippen molar-refractivity contribution in [2.24, 2.45) is 0 Å². The van der Waals surface area contributed by atoms with Gasteiger partial charge in [-0.3, -0.25) is 0 Å². The Morgan fingerprint density at radius 3 is 2.75 bits per heavy atom. The lowest BCUT2D eigenvalue weighted by molar-refractivity contribution is 0.845. The van der Waals surface area contributed by atoms with Crippen molar-refractivity contribution in [3.63, 3.8) is 0 Å². The van der Waals surface area contributed by atoms with Crippen molar-refractivity contribution in [2.75, 3.05) is 18.5 Å². The molecule has 102 valence electrons. The van der Waals surface area contributed by atoms with Crippen molar-refractivity contribution in [1.82, 2.24) is 9.97 Å². The molecule has 1 aromatic carbocycles. The van der Waals surface area contributed by atoms with Crippen LogP contribution in [0.2, 0.25) is 0 Å². The van der Waals surface area contributed by atoms with Crippen LogP contribution in [-0.4, -0.2) is 23.6 Å². The van der Waals surface area contributed by atoms with Crippen LogP contribution >= 0.6 is 15.9 Å². The first-order valence-electron chi connectivity index (χ1n) is 6.30. The predicted octanol–water partition coefficient (Wildman–Crippen LogP) is 3.10. The van der Waals surface area contributed by atoms with Crippen LogP contribution < -0.4 is 4.90 Å². The Morgan fingerprint density at radius 2 is 2.05 bits per heavy atom. The van der Waals surface area contributed by atoms with E-state index in [4.69, 9.17) is 5.26 Å². The number of likely N-dealkylation sites (N-methyl/N-ethyl adjacent to an activating group) is 1. The second kappa shape index (κ2) is 6.49. The van der Waals surface area contributed by atoms with Gasteiger partial charge in [0, 0.05) is 24.1 Å². The molecule has 2 rings (SSSR count). The number of hydrogen-bond acceptors (Lipinski definition) is 4. The van der Waals surface area contributed by atoms with Crippen LogP contribution in [0.15, 0.2) is 34.8 Å². The van der Waals surface area contributed by atoms with Crippen molar-refractivity contribution < 1.29 is 0 Å². The van der Waals surface area contributed by atoms with Crippen LogP contribution in [0, 0.1) is 18.3 Å². The molecule has 0 aliphatic heterocycles. The zero-order valence-electron chi connectivity index (χ0n) is 11.5. The van der Waals surface area contributed by atoms with Gasteiger partial charge in [-0.05, 0) is 25.0 Å². The molecule has 5 heteroatoms. The second-order valence-electron chi connectivity index (χ2n) is 4.53. The largest absolute Gasteiger partial charge is 0.359 e. The minimum Gasteiger partial charge on any atom is -0.359 e. The summed E-state index contributed by atoms with van der Waals surface area (Å²) in [7, 11) is 1.97. The van der Waals surface area contributed by atoms with E-state index in [-0.39, 0.29) is 0 Å². The van der Waals surface area contributed by atoms with Gasteiger partial charge < -0.3 is 4.90 Å². The van der Waals surface area contributed by atoms with Gasteiger partial charge in [-0.15, -0.1) is 0 Å². The third-order valence-corrected chi connectivity index (χ3v) is 3.78. The highest BCUT2D eigenvalue weighted by Crippen LogP contribution is 2.18. The summed E-state index contributed by atoms with van der Waals surface area (Å²) in [6, 6.07) is 12.0. The summed E-state index contributed by atoms with van der Waals surface area (Å²) in [6.45, 7) is 2.62. The lowest BCUT2D eigenvalue weighted by Crippen LogP contribution is -2.22. The van der Waals surface area contributed by atoms with E-state index in [9.17, 15) is 0 Å². The smallest absolute Gasteiger partial charge is 0.146 e. The molecule has 0 fully saturated rings. The molecule has 0 aliphatic rings. The molecule has 0 saturated heterocycles. The van der Waals surface area contributed by atoms with Crippen molar-refractivity contribution in [2.45, 2.75) is 13.3 Å². The maximum absolute atomic E-state index is 8.95. The van der Waals surface area contributed by atoms with Crippen molar-refractivity contribution in [3.05, 3.63) is 51.9 Å². The number of nitriles is 1. The molecule has 0 saturated carbocycles. The third-order valence-electron chi connectivity index (χ3n) is 3.00. The Bertz CT molecular complexity index is 649. The number of aromatic nitrogens is 2. The SMILES string of the molecule is Cc1nc(C#N)cc(N(C)CCc2ccccc2Br)n1. The van der Waals surface area contributed by atoms with Gasteiger partial charge in [0.15, 0.2) is 0 Å². The maximum Gasteiger partial charge on any atom is 0.146 e. The van der Waals surface area contributed by atoms with Crippen LogP contribution in [-0.2, 0) is 6.42 Å². The molecule has 0 aliphatic carbocycles. The van der Waals surface area contributed by atoms with Gasteiger partial charge in [0.05, 0.1) is 0 Å². The minimum absolute atomic E-state index is 0.403. The topological polar surface area (TPSA) is 52.8 Å². The lowest BCUT2D eigenvalue weighted by atomic mass is 10.1. The standard InChI is InChI=1S/C15H15BrN4/c1-11-18-13(10-17)9-15(19-11)20(2)8-7-12-5-3-4-6-14(12)16/h3-6,9H,7-8H2,1-2H3. The van der Waals surface area contributed by atoms with Gasteiger partial charge in [0.1, 0.15) is 23.4 Å². The highest BCUT2D eigenvalue weighted by molar-refractivity contribution is 9.10. The average molecular weight is 331 g/mol. The molecule has 0 bridgehead atoms. The fourth-order valence-corrected chi connectivity index (χ4v) is 2.39. The molecule has 0 radical (unpaired) electrons. The number of halogens is 1. The Balaban J connectivity index is 2.09. The first-order valence-corrected chi connectivity index (χ1v) is 7.10. The number of nitrogens with zero attached hydrogens (tertiary/aromatic N) is 4. The molecular formula is C15H15BrN4. The normalized spacial score (nSPS) is 10.1. The molecule has 0 spiro atoms. The molecule has 0 amide bonds. The number of benzene rings is 1. The Morgan fingerprint density at radius 1 is 1.30 bits per heavy atom. The van der Waals surface area contributed by atoms with Gasteiger partial charge in [-0.25, -0.2) is 9.97 Å². The van der Waals surface area contributed by atoms with E-state index in [1.165, 1.54) is 5.56 Å². The summed E-state index contributed by atoms with van der Waals surface area (Å²) in [6.07, 6.45) is 0.906. The first-order chi connectivity index (χ1) is 9.60. The summed E-state index contributed by atoms with van der Waals surface area (Å²) in [5.74, 6) is 1.40. The lowest BCUT2D eigenvalue weighted by Gasteiger charge is -2.18.